The molecule has 3 aromatic rings. The number of rotatable bonds is 16. The molecule has 3 aromatic carbocycles. The Bertz CT molecular complexity index is 1590. The van der Waals surface area contributed by atoms with E-state index >= 15 is 0 Å². The van der Waals surface area contributed by atoms with Gasteiger partial charge in [0.25, 0.3) is 11.8 Å². The number of unbranched alkanes of at least 4 members (excludes halogenated alkanes) is 1. The molecular formula is C37H45N3O9. The average Bonchev–Trinajstić information content (AvgIpc) is 3.26. The number of hydrogen-bond donors (Lipinski definition) is 3. The van der Waals surface area contributed by atoms with Gasteiger partial charge in [0.1, 0.15) is 12.4 Å². The second-order valence-corrected chi connectivity index (χ2v) is 12.1. The van der Waals surface area contributed by atoms with Gasteiger partial charge in [-0.2, -0.15) is 0 Å². The quantitative estimate of drug-likeness (QED) is 0.145. The number of carbonyl (C=O) groups excluding carboxylic acids is 3. The number of amides is 3. The van der Waals surface area contributed by atoms with Gasteiger partial charge in [-0.05, 0) is 86.1 Å². The lowest BCUT2D eigenvalue weighted by Crippen LogP contribution is -2.38. The molecule has 0 radical (unpaired) electrons. The lowest BCUT2D eigenvalue weighted by Gasteiger charge is -2.25. The summed E-state index contributed by atoms with van der Waals surface area (Å²) in [5.74, 6) is 1.30. The minimum Gasteiger partial charge on any atom is -0.493 e. The van der Waals surface area contributed by atoms with Gasteiger partial charge in [0.2, 0.25) is 5.91 Å². The van der Waals surface area contributed by atoms with Crippen molar-refractivity contribution in [3.8, 4) is 17.2 Å². The van der Waals surface area contributed by atoms with Crippen molar-refractivity contribution in [3.63, 3.8) is 0 Å². The summed E-state index contributed by atoms with van der Waals surface area (Å²) >= 11 is 0. The second-order valence-electron chi connectivity index (χ2n) is 12.1. The van der Waals surface area contributed by atoms with Gasteiger partial charge in [0.15, 0.2) is 18.1 Å². The molecule has 2 unspecified atom stereocenters. The number of methoxy groups -OCH3 is 2. The Morgan fingerprint density at radius 3 is 2.67 bits per heavy atom. The van der Waals surface area contributed by atoms with Gasteiger partial charge in [-0.15, -0.1) is 0 Å². The Morgan fingerprint density at radius 2 is 1.84 bits per heavy atom. The summed E-state index contributed by atoms with van der Waals surface area (Å²) in [6.07, 6.45) is 3.51. The number of anilines is 1. The first-order chi connectivity index (χ1) is 23.9. The molecule has 0 aromatic heterocycles. The highest BCUT2D eigenvalue weighted by molar-refractivity contribution is 6.02. The number of hydrogen-bond acceptors (Lipinski definition) is 9. The van der Waals surface area contributed by atoms with Crippen molar-refractivity contribution in [2.24, 2.45) is 0 Å². The Morgan fingerprint density at radius 1 is 1.00 bits per heavy atom. The molecule has 0 aliphatic carbocycles. The number of aryl methyl sites for hydroxylation is 1. The zero-order valence-electron chi connectivity index (χ0n) is 28.1. The highest BCUT2D eigenvalue weighted by Crippen LogP contribution is 2.33. The second kappa shape index (κ2) is 17.7. The average molecular weight is 676 g/mol. The molecule has 12 nitrogen and oxygen atoms in total. The highest BCUT2D eigenvalue weighted by Gasteiger charge is 2.35. The summed E-state index contributed by atoms with van der Waals surface area (Å²) in [6, 6.07) is 18.1. The number of aliphatic hydroxyl groups excluding tert-OH is 1. The van der Waals surface area contributed by atoms with E-state index in [0.717, 1.165) is 24.0 Å². The van der Waals surface area contributed by atoms with Crippen LogP contribution in [0.3, 0.4) is 0 Å². The molecule has 5 rings (SSSR count). The van der Waals surface area contributed by atoms with Gasteiger partial charge in [-0.3, -0.25) is 14.4 Å². The summed E-state index contributed by atoms with van der Waals surface area (Å²) in [7, 11) is 3.18. The fraction of sp³-hybridized carbons (Fsp3) is 0.432. The molecule has 2 aliphatic heterocycles. The van der Waals surface area contributed by atoms with E-state index in [-0.39, 0.29) is 36.8 Å². The molecular weight excluding hydrogens is 630 g/mol. The first kappa shape index (κ1) is 35.7. The molecule has 2 aliphatic rings. The van der Waals surface area contributed by atoms with Crippen LogP contribution in [0.5, 0.6) is 17.2 Å². The van der Waals surface area contributed by atoms with Gasteiger partial charge in [0, 0.05) is 36.3 Å². The number of benzene rings is 3. The zero-order valence-corrected chi connectivity index (χ0v) is 28.1. The third-order valence-corrected chi connectivity index (χ3v) is 8.74. The predicted octanol–water partition coefficient (Wildman–Crippen LogP) is 4.74. The minimum atomic E-state index is -0.709. The fourth-order valence-corrected chi connectivity index (χ4v) is 6.03. The number of carbonyl (C=O) groups is 3. The Balaban J connectivity index is 0.990. The van der Waals surface area contributed by atoms with Crippen molar-refractivity contribution in [2.45, 2.75) is 63.6 Å². The maximum absolute atomic E-state index is 13.1. The van der Waals surface area contributed by atoms with Crippen LogP contribution >= 0.6 is 0 Å². The number of nitrogens with one attached hydrogen (secondary N) is 2. The number of fused-ring (bicyclic) bond motifs is 1. The number of ether oxygens (including phenoxy) is 3. The highest BCUT2D eigenvalue weighted by atomic mass is 17.2. The van der Waals surface area contributed by atoms with Gasteiger partial charge in [-0.1, -0.05) is 24.3 Å². The predicted molar refractivity (Wildman–Crippen MR) is 181 cm³/mol. The molecule has 262 valence electrons. The van der Waals surface area contributed by atoms with Gasteiger partial charge in [-0.25, -0.2) is 9.78 Å². The smallest absolute Gasteiger partial charge is 0.257 e. The first-order valence-corrected chi connectivity index (χ1v) is 16.7. The standard InChI is InChI=1S/C37H45N3O9/c1-45-33-17-15-25(20-34(33)46-2)14-16-32(41)26-8-5-10-28(21-26)47-24-36(43)38-18-4-3-13-35(42)39-31-12-6-11-29-30(31)22-40(37(29)44)27-9-7-19-48-49-23-27/h5-6,8,10-12,15,17,20-21,27,32,41H,3-4,7,9,13-14,16,18-19,22-24H2,1-2H3,(H,38,43)(H,39,42). The van der Waals surface area contributed by atoms with E-state index in [2.05, 4.69) is 10.6 Å². The normalized spacial score (nSPS) is 16.3. The first-order valence-electron chi connectivity index (χ1n) is 16.7. The van der Waals surface area contributed by atoms with E-state index in [1.165, 1.54) is 0 Å². The van der Waals surface area contributed by atoms with Crippen LogP contribution in [0.25, 0.3) is 0 Å². The molecule has 2 atom stereocenters. The van der Waals surface area contributed by atoms with Crippen LogP contribution < -0.4 is 24.8 Å². The lowest BCUT2D eigenvalue weighted by molar-refractivity contribution is -0.292. The summed E-state index contributed by atoms with van der Waals surface area (Å²) in [5, 5.41) is 16.6. The minimum absolute atomic E-state index is 0.0611. The Kier molecular flexibility index (Phi) is 12.8. The van der Waals surface area contributed by atoms with Crippen LogP contribution in [0.15, 0.2) is 60.7 Å². The molecule has 2 heterocycles. The van der Waals surface area contributed by atoms with E-state index in [4.69, 9.17) is 24.0 Å². The molecule has 12 heteroatoms. The molecule has 0 spiro atoms. The van der Waals surface area contributed by atoms with Crippen LogP contribution in [-0.4, -0.2) is 74.4 Å². The zero-order chi connectivity index (χ0) is 34.6. The largest absolute Gasteiger partial charge is 0.493 e. The molecule has 3 amide bonds. The third kappa shape index (κ3) is 9.71. The van der Waals surface area contributed by atoms with Crippen molar-refractivity contribution in [3.05, 3.63) is 82.9 Å². The maximum Gasteiger partial charge on any atom is 0.257 e. The van der Waals surface area contributed by atoms with Crippen LogP contribution in [-0.2, 0) is 32.3 Å². The third-order valence-electron chi connectivity index (χ3n) is 8.74. The monoisotopic (exact) mass is 675 g/mol. The summed E-state index contributed by atoms with van der Waals surface area (Å²) < 4.78 is 16.3. The summed E-state index contributed by atoms with van der Waals surface area (Å²) in [4.78, 5) is 50.3. The molecule has 0 saturated carbocycles. The van der Waals surface area contributed by atoms with Crippen LogP contribution in [0.4, 0.5) is 5.69 Å². The van der Waals surface area contributed by atoms with Crippen LogP contribution in [0, 0.1) is 0 Å². The van der Waals surface area contributed by atoms with E-state index in [0.29, 0.717) is 86.0 Å². The van der Waals surface area contributed by atoms with E-state index in [9.17, 15) is 19.5 Å². The van der Waals surface area contributed by atoms with Gasteiger partial charge < -0.3 is 34.9 Å². The number of nitrogens with zero attached hydrogens (tertiary/aromatic N) is 1. The SMILES string of the molecule is COc1ccc(CCC(O)c2cccc(OCC(=O)NCCCCC(=O)Nc3cccc4c3CN(C3CCCOOC3)C4=O)c2)cc1OC. The maximum atomic E-state index is 13.1. The Labute approximate surface area is 286 Å². The molecule has 0 bridgehead atoms. The van der Waals surface area contributed by atoms with Crippen molar-refractivity contribution in [2.75, 3.05) is 45.9 Å². The van der Waals surface area contributed by atoms with E-state index in [1.54, 1.807) is 49.5 Å². The number of aliphatic hydroxyl groups is 1. The topological polar surface area (TPSA) is 145 Å². The molecule has 1 fully saturated rings. The Hall–Kier alpha value is -4.65. The van der Waals surface area contributed by atoms with Crippen LogP contribution in [0.2, 0.25) is 0 Å². The van der Waals surface area contributed by atoms with Crippen molar-refractivity contribution >= 4 is 23.4 Å². The molecule has 49 heavy (non-hydrogen) atoms. The fourth-order valence-electron chi connectivity index (χ4n) is 6.03. The molecule has 3 N–H and O–H groups in total. The van der Waals surface area contributed by atoms with E-state index in [1.807, 2.05) is 30.3 Å². The van der Waals surface area contributed by atoms with Gasteiger partial charge in [0.05, 0.1) is 33.0 Å². The molecule has 1 saturated heterocycles. The van der Waals surface area contributed by atoms with Crippen molar-refractivity contribution < 1.29 is 43.5 Å². The lowest BCUT2D eigenvalue weighted by atomic mass is 10.0. The van der Waals surface area contributed by atoms with Crippen LogP contribution in [0.1, 0.15) is 71.7 Å². The summed E-state index contributed by atoms with van der Waals surface area (Å²) in [5.41, 5.74) is 3.77. The van der Waals surface area contributed by atoms with Gasteiger partial charge >= 0.3 is 0 Å². The van der Waals surface area contributed by atoms with Crippen molar-refractivity contribution in [1.82, 2.24) is 10.2 Å². The van der Waals surface area contributed by atoms with E-state index < -0.39 is 6.10 Å². The van der Waals surface area contributed by atoms with Crippen molar-refractivity contribution in [1.29, 1.82) is 0 Å². The summed E-state index contributed by atoms with van der Waals surface area (Å²) in [6.45, 7) is 1.49.